The second-order valence-corrected chi connectivity index (χ2v) is 12.4. The van der Waals surface area contributed by atoms with E-state index in [2.05, 4.69) is 31.8 Å². The zero-order chi connectivity index (χ0) is 22.5. The molecule has 174 valence electrons. The summed E-state index contributed by atoms with van der Waals surface area (Å²) >= 11 is 0. The fourth-order valence-corrected chi connectivity index (χ4v) is 9.11. The smallest absolute Gasteiger partial charge is 0.157 e. The minimum atomic E-state index is 0.166. The summed E-state index contributed by atoms with van der Waals surface area (Å²) in [4.78, 5) is 13.5. The van der Waals surface area contributed by atoms with Gasteiger partial charge in [-0.2, -0.15) is 5.10 Å². The van der Waals surface area contributed by atoms with Crippen molar-refractivity contribution in [3.8, 4) is 12.3 Å². The second kappa shape index (κ2) is 8.34. The van der Waals surface area contributed by atoms with Gasteiger partial charge in [0.15, 0.2) is 5.78 Å². The van der Waals surface area contributed by atoms with Gasteiger partial charge in [-0.3, -0.25) is 9.48 Å². The van der Waals surface area contributed by atoms with Crippen molar-refractivity contribution in [3.05, 3.63) is 18.0 Å². The Kier molecular flexibility index (Phi) is 5.80. The number of fused-ring (bicyclic) bond motifs is 5. The number of hydrogen-bond acceptors (Lipinski definition) is 2. The summed E-state index contributed by atoms with van der Waals surface area (Å²) in [5.41, 5.74) is 1.46. The minimum Gasteiger partial charge on any atom is -0.297 e. The van der Waals surface area contributed by atoms with Gasteiger partial charge < -0.3 is 0 Å². The highest BCUT2D eigenvalue weighted by Gasteiger charge is 2.59. The summed E-state index contributed by atoms with van der Waals surface area (Å²) < 4.78 is 1.76. The zero-order valence-electron chi connectivity index (χ0n) is 20.5. The van der Waals surface area contributed by atoms with Crippen molar-refractivity contribution >= 4 is 5.78 Å². The van der Waals surface area contributed by atoms with Crippen LogP contribution in [0.4, 0.5) is 0 Å². The van der Waals surface area contributed by atoms with E-state index in [1.165, 1.54) is 64.2 Å². The molecule has 4 aliphatic rings. The molecule has 3 heteroatoms. The van der Waals surface area contributed by atoms with E-state index in [1.807, 2.05) is 6.20 Å². The first-order valence-electron chi connectivity index (χ1n) is 13.4. The second-order valence-electron chi connectivity index (χ2n) is 12.4. The van der Waals surface area contributed by atoms with Crippen LogP contribution in [0.25, 0.3) is 0 Å². The molecule has 1 heterocycles. The SMILES string of the molecule is C#Cc1cnn(CC(=O)C2CCCC3C4CCC5CCC(C)CCC5(C)C4CCC23C)c1. The van der Waals surface area contributed by atoms with Gasteiger partial charge in [0.25, 0.3) is 0 Å². The minimum absolute atomic E-state index is 0.166. The Bertz CT molecular complexity index is 895. The predicted molar refractivity (Wildman–Crippen MR) is 129 cm³/mol. The van der Waals surface area contributed by atoms with Gasteiger partial charge in [-0.25, -0.2) is 0 Å². The normalized spacial score (nSPS) is 43.8. The molecule has 0 aliphatic heterocycles. The van der Waals surface area contributed by atoms with E-state index in [1.54, 1.807) is 10.9 Å². The van der Waals surface area contributed by atoms with Gasteiger partial charge in [0.1, 0.15) is 0 Å². The third-order valence-corrected chi connectivity index (χ3v) is 11.0. The van der Waals surface area contributed by atoms with Crippen molar-refractivity contribution in [2.75, 3.05) is 0 Å². The molecule has 0 amide bonds. The molecule has 0 spiro atoms. The highest BCUT2D eigenvalue weighted by molar-refractivity contribution is 5.81. The van der Waals surface area contributed by atoms with Crippen LogP contribution in [0.5, 0.6) is 0 Å². The highest BCUT2D eigenvalue weighted by atomic mass is 16.1. The summed E-state index contributed by atoms with van der Waals surface area (Å²) in [5.74, 6) is 7.45. The maximum absolute atomic E-state index is 13.5. The lowest BCUT2D eigenvalue weighted by molar-refractivity contribution is -0.152. The molecule has 1 aromatic heterocycles. The molecule has 4 fully saturated rings. The molecular weight excluding hydrogens is 392 g/mol. The number of carbonyl (C=O) groups excluding carboxylic acids is 1. The van der Waals surface area contributed by atoms with Crippen LogP contribution in [-0.2, 0) is 11.3 Å². The summed E-state index contributed by atoms with van der Waals surface area (Å²) in [6.45, 7) is 8.00. The Labute approximate surface area is 195 Å². The van der Waals surface area contributed by atoms with Crippen molar-refractivity contribution in [1.29, 1.82) is 0 Å². The molecule has 32 heavy (non-hydrogen) atoms. The van der Waals surface area contributed by atoms with E-state index < -0.39 is 0 Å². The van der Waals surface area contributed by atoms with Crippen molar-refractivity contribution in [3.63, 3.8) is 0 Å². The zero-order valence-corrected chi connectivity index (χ0v) is 20.5. The van der Waals surface area contributed by atoms with Gasteiger partial charge >= 0.3 is 0 Å². The molecule has 8 unspecified atom stereocenters. The van der Waals surface area contributed by atoms with Crippen molar-refractivity contribution in [1.82, 2.24) is 9.78 Å². The topological polar surface area (TPSA) is 34.9 Å². The molecule has 0 bridgehead atoms. The van der Waals surface area contributed by atoms with Crippen LogP contribution in [0, 0.1) is 58.7 Å². The Morgan fingerprint density at radius 1 is 1.06 bits per heavy atom. The Morgan fingerprint density at radius 3 is 2.59 bits per heavy atom. The van der Waals surface area contributed by atoms with E-state index in [4.69, 9.17) is 6.42 Å². The lowest BCUT2D eigenvalue weighted by Crippen LogP contribution is -2.56. The van der Waals surface area contributed by atoms with Crippen LogP contribution in [-0.4, -0.2) is 15.6 Å². The summed E-state index contributed by atoms with van der Waals surface area (Å²) in [6, 6.07) is 0. The molecule has 3 nitrogen and oxygen atoms in total. The number of nitrogens with zero attached hydrogens (tertiary/aromatic N) is 2. The van der Waals surface area contributed by atoms with Crippen LogP contribution in [0.3, 0.4) is 0 Å². The van der Waals surface area contributed by atoms with Crippen molar-refractivity contribution in [2.45, 2.75) is 97.9 Å². The Morgan fingerprint density at radius 2 is 1.81 bits per heavy atom. The predicted octanol–water partition coefficient (Wildman–Crippen LogP) is 6.51. The number of carbonyl (C=O) groups is 1. The quantitative estimate of drug-likeness (QED) is 0.508. The van der Waals surface area contributed by atoms with Crippen molar-refractivity contribution in [2.24, 2.45) is 46.3 Å². The van der Waals surface area contributed by atoms with Gasteiger partial charge in [0, 0.05) is 12.1 Å². The van der Waals surface area contributed by atoms with Crippen LogP contribution in [0.2, 0.25) is 0 Å². The number of rotatable bonds is 3. The van der Waals surface area contributed by atoms with Gasteiger partial charge in [0.2, 0.25) is 0 Å². The average Bonchev–Trinajstić information content (AvgIpc) is 3.17. The average molecular weight is 435 g/mol. The standard InChI is InChI=1S/C29H42N2O/c1-5-21-17-30-31(18-21)19-27(32)26-8-6-7-24-23-12-11-22-10-9-20(2)13-15-28(22,3)25(23)14-16-29(24,26)4/h1,17-18,20,22-26H,6-16,19H2,2-4H3. The van der Waals surface area contributed by atoms with E-state index in [9.17, 15) is 4.79 Å². The molecule has 0 aromatic carbocycles. The van der Waals surface area contributed by atoms with E-state index in [-0.39, 0.29) is 11.3 Å². The first kappa shape index (κ1) is 22.2. The third-order valence-electron chi connectivity index (χ3n) is 11.0. The molecular formula is C29H42N2O. The number of hydrogen-bond donors (Lipinski definition) is 0. The first-order chi connectivity index (χ1) is 15.3. The fourth-order valence-electron chi connectivity index (χ4n) is 9.11. The monoisotopic (exact) mass is 434 g/mol. The number of aromatic nitrogens is 2. The molecule has 5 rings (SSSR count). The van der Waals surface area contributed by atoms with E-state index in [0.29, 0.717) is 17.7 Å². The van der Waals surface area contributed by atoms with Gasteiger partial charge in [0.05, 0.1) is 18.3 Å². The lowest BCUT2D eigenvalue weighted by atomic mass is 9.42. The van der Waals surface area contributed by atoms with E-state index >= 15 is 0 Å². The fraction of sp³-hybridized carbons (Fsp3) is 0.793. The molecule has 0 radical (unpaired) electrons. The summed E-state index contributed by atoms with van der Waals surface area (Å²) in [5, 5.41) is 4.34. The van der Waals surface area contributed by atoms with Gasteiger partial charge in [-0.1, -0.05) is 46.0 Å². The molecule has 4 saturated carbocycles. The first-order valence-corrected chi connectivity index (χ1v) is 13.4. The molecule has 0 saturated heterocycles. The lowest BCUT2D eigenvalue weighted by Gasteiger charge is -2.62. The Hall–Kier alpha value is -1.56. The van der Waals surface area contributed by atoms with Crippen LogP contribution >= 0.6 is 0 Å². The number of ketones is 1. The molecule has 8 atom stereocenters. The molecule has 4 aliphatic carbocycles. The van der Waals surface area contributed by atoms with Gasteiger partial charge in [-0.05, 0) is 91.8 Å². The van der Waals surface area contributed by atoms with Crippen LogP contribution in [0.15, 0.2) is 12.4 Å². The maximum atomic E-state index is 13.5. The van der Waals surface area contributed by atoms with Gasteiger partial charge in [-0.15, -0.1) is 6.42 Å². The van der Waals surface area contributed by atoms with Crippen molar-refractivity contribution < 1.29 is 4.79 Å². The summed E-state index contributed by atoms with van der Waals surface area (Å²) in [6.07, 6.45) is 23.8. The summed E-state index contributed by atoms with van der Waals surface area (Å²) in [7, 11) is 0. The van der Waals surface area contributed by atoms with Crippen LogP contribution < -0.4 is 0 Å². The van der Waals surface area contributed by atoms with E-state index in [0.717, 1.165) is 41.6 Å². The maximum Gasteiger partial charge on any atom is 0.157 e. The number of Topliss-reactive ketones (excluding diaryl/α,β-unsaturated/α-hetero) is 1. The Balaban J connectivity index is 1.37. The molecule has 0 N–H and O–H groups in total. The highest BCUT2D eigenvalue weighted by Crippen LogP contribution is 2.66. The molecule has 1 aromatic rings. The third kappa shape index (κ3) is 3.57. The largest absolute Gasteiger partial charge is 0.297 e. The van der Waals surface area contributed by atoms with Crippen LogP contribution in [0.1, 0.15) is 97.0 Å². The number of terminal acetylenes is 1.